The van der Waals surface area contributed by atoms with E-state index in [4.69, 9.17) is 0 Å². The predicted octanol–water partition coefficient (Wildman–Crippen LogP) is 2.58. The van der Waals surface area contributed by atoms with Crippen molar-refractivity contribution in [3.05, 3.63) is 59.9 Å². The summed E-state index contributed by atoms with van der Waals surface area (Å²) in [6, 6.07) is 12.9. The highest BCUT2D eigenvalue weighted by molar-refractivity contribution is 6.01. The molecule has 6 nitrogen and oxygen atoms in total. The highest BCUT2D eigenvalue weighted by Gasteiger charge is 2.36. The molecule has 0 aromatic heterocycles. The number of benzene rings is 2. The standard InChI is InChI=1S/C21H22FN3O3/c1-14-3-9-18(10-4-14)25-12-15(11-20(25)27)21(28)24(2)13-19(26)23-17-7-5-16(22)6-8-17/h3-10,15H,11-13H2,1-2H3,(H,23,26). The molecule has 0 radical (unpaired) electrons. The van der Waals surface area contributed by atoms with Gasteiger partial charge in [0.15, 0.2) is 0 Å². The lowest BCUT2D eigenvalue weighted by molar-refractivity contribution is -0.137. The molecule has 0 aliphatic carbocycles. The van der Waals surface area contributed by atoms with Crippen LogP contribution in [0.3, 0.4) is 0 Å². The van der Waals surface area contributed by atoms with Crippen molar-refractivity contribution in [2.75, 3.05) is 30.4 Å². The number of rotatable bonds is 5. The molecule has 28 heavy (non-hydrogen) atoms. The molecule has 1 N–H and O–H groups in total. The van der Waals surface area contributed by atoms with Gasteiger partial charge in [-0.2, -0.15) is 0 Å². The summed E-state index contributed by atoms with van der Waals surface area (Å²) in [6.45, 7) is 2.12. The van der Waals surface area contributed by atoms with Crippen LogP contribution in [-0.4, -0.2) is 42.8 Å². The first kappa shape index (κ1) is 19.5. The summed E-state index contributed by atoms with van der Waals surface area (Å²) >= 11 is 0. The van der Waals surface area contributed by atoms with Gasteiger partial charge in [0.05, 0.1) is 12.5 Å². The molecule has 0 bridgehead atoms. The van der Waals surface area contributed by atoms with Crippen LogP contribution in [0.1, 0.15) is 12.0 Å². The van der Waals surface area contributed by atoms with E-state index in [1.807, 2.05) is 31.2 Å². The largest absolute Gasteiger partial charge is 0.336 e. The van der Waals surface area contributed by atoms with Gasteiger partial charge in [-0.1, -0.05) is 17.7 Å². The van der Waals surface area contributed by atoms with Gasteiger partial charge in [-0.3, -0.25) is 14.4 Å². The summed E-state index contributed by atoms with van der Waals surface area (Å²) < 4.78 is 12.9. The lowest BCUT2D eigenvalue weighted by Gasteiger charge is -2.21. The van der Waals surface area contributed by atoms with E-state index in [1.54, 1.807) is 4.90 Å². The maximum absolute atomic E-state index is 12.9. The molecule has 1 heterocycles. The number of hydrogen-bond acceptors (Lipinski definition) is 3. The normalized spacial score (nSPS) is 16.2. The van der Waals surface area contributed by atoms with E-state index in [-0.39, 0.29) is 30.7 Å². The lowest BCUT2D eigenvalue weighted by atomic mass is 10.1. The Hall–Kier alpha value is -3.22. The minimum absolute atomic E-state index is 0.105. The topological polar surface area (TPSA) is 69.7 Å². The fourth-order valence-corrected chi connectivity index (χ4v) is 3.19. The van der Waals surface area contributed by atoms with Crippen LogP contribution < -0.4 is 10.2 Å². The van der Waals surface area contributed by atoms with Gasteiger partial charge >= 0.3 is 0 Å². The third-order valence-electron chi connectivity index (χ3n) is 4.70. The molecule has 0 spiro atoms. The van der Waals surface area contributed by atoms with E-state index in [2.05, 4.69) is 5.32 Å². The van der Waals surface area contributed by atoms with Crippen molar-refractivity contribution >= 4 is 29.1 Å². The molecule has 3 rings (SSSR count). The lowest BCUT2D eigenvalue weighted by Crippen LogP contribution is -2.39. The number of carbonyl (C=O) groups excluding carboxylic acids is 3. The minimum atomic E-state index is -0.488. The fourth-order valence-electron chi connectivity index (χ4n) is 3.19. The Kier molecular flexibility index (Phi) is 5.73. The van der Waals surface area contributed by atoms with Gasteiger partial charge in [0.2, 0.25) is 17.7 Å². The van der Waals surface area contributed by atoms with Crippen LogP contribution in [0.2, 0.25) is 0 Å². The first-order valence-corrected chi connectivity index (χ1v) is 9.01. The number of anilines is 2. The Balaban J connectivity index is 1.57. The Morgan fingerprint density at radius 3 is 2.43 bits per heavy atom. The first-order chi connectivity index (χ1) is 13.3. The Bertz CT molecular complexity index is 881. The van der Waals surface area contributed by atoms with Crippen LogP contribution >= 0.6 is 0 Å². The van der Waals surface area contributed by atoms with Crippen LogP contribution in [0.15, 0.2) is 48.5 Å². The summed E-state index contributed by atoms with van der Waals surface area (Å²) in [5.74, 6) is -1.63. The number of halogens is 1. The van der Waals surface area contributed by atoms with Crippen LogP contribution in [0.25, 0.3) is 0 Å². The number of aryl methyl sites for hydroxylation is 1. The number of likely N-dealkylation sites (N-methyl/N-ethyl adjacent to an activating group) is 1. The van der Waals surface area contributed by atoms with Crippen molar-refractivity contribution in [1.82, 2.24) is 4.90 Å². The van der Waals surface area contributed by atoms with Crippen molar-refractivity contribution < 1.29 is 18.8 Å². The second-order valence-corrected chi connectivity index (χ2v) is 6.99. The number of hydrogen-bond donors (Lipinski definition) is 1. The predicted molar refractivity (Wildman–Crippen MR) is 104 cm³/mol. The molecule has 1 unspecified atom stereocenters. The van der Waals surface area contributed by atoms with Gasteiger partial charge in [0.1, 0.15) is 5.82 Å². The maximum Gasteiger partial charge on any atom is 0.243 e. The van der Waals surface area contributed by atoms with Crippen LogP contribution in [0, 0.1) is 18.7 Å². The van der Waals surface area contributed by atoms with E-state index in [0.29, 0.717) is 12.2 Å². The summed E-state index contributed by atoms with van der Waals surface area (Å²) in [5, 5.41) is 2.62. The molecule has 1 atom stereocenters. The number of carbonyl (C=O) groups is 3. The zero-order valence-corrected chi connectivity index (χ0v) is 15.8. The molecular weight excluding hydrogens is 361 g/mol. The number of amides is 3. The molecule has 2 aromatic carbocycles. The highest BCUT2D eigenvalue weighted by atomic mass is 19.1. The molecule has 1 aliphatic rings. The van der Waals surface area contributed by atoms with Gasteiger partial charge in [-0.05, 0) is 43.3 Å². The van der Waals surface area contributed by atoms with Gasteiger partial charge in [0.25, 0.3) is 0 Å². The van der Waals surface area contributed by atoms with E-state index in [0.717, 1.165) is 11.3 Å². The van der Waals surface area contributed by atoms with Crippen molar-refractivity contribution in [2.24, 2.45) is 5.92 Å². The van der Waals surface area contributed by atoms with Crippen molar-refractivity contribution in [2.45, 2.75) is 13.3 Å². The fraction of sp³-hybridized carbons (Fsp3) is 0.286. The van der Waals surface area contributed by atoms with E-state index in [1.165, 1.54) is 36.2 Å². The van der Waals surface area contributed by atoms with Gasteiger partial charge < -0.3 is 15.1 Å². The third kappa shape index (κ3) is 4.54. The smallest absolute Gasteiger partial charge is 0.243 e. The summed E-state index contributed by atoms with van der Waals surface area (Å²) in [6.07, 6.45) is 0.122. The van der Waals surface area contributed by atoms with Gasteiger partial charge in [0, 0.05) is 31.4 Å². The Labute approximate surface area is 162 Å². The molecule has 7 heteroatoms. The first-order valence-electron chi connectivity index (χ1n) is 9.01. The molecule has 1 aliphatic heterocycles. The second-order valence-electron chi connectivity index (χ2n) is 6.99. The van der Waals surface area contributed by atoms with Crippen molar-refractivity contribution in [3.63, 3.8) is 0 Å². The monoisotopic (exact) mass is 383 g/mol. The molecule has 0 saturated carbocycles. The minimum Gasteiger partial charge on any atom is -0.336 e. The van der Waals surface area contributed by atoms with E-state index < -0.39 is 11.7 Å². The molecule has 1 saturated heterocycles. The zero-order chi connectivity index (χ0) is 20.3. The van der Waals surface area contributed by atoms with Crippen LogP contribution in [0.5, 0.6) is 0 Å². The molecule has 146 valence electrons. The Morgan fingerprint density at radius 2 is 1.79 bits per heavy atom. The quantitative estimate of drug-likeness (QED) is 0.863. The average Bonchev–Trinajstić information content (AvgIpc) is 3.05. The molecular formula is C21H22FN3O3. The number of nitrogens with zero attached hydrogens (tertiary/aromatic N) is 2. The zero-order valence-electron chi connectivity index (χ0n) is 15.8. The summed E-state index contributed by atoms with van der Waals surface area (Å²) in [5.41, 5.74) is 2.31. The van der Waals surface area contributed by atoms with Gasteiger partial charge in [-0.25, -0.2) is 4.39 Å². The summed E-state index contributed by atoms with van der Waals surface area (Å²) in [4.78, 5) is 40.1. The maximum atomic E-state index is 12.9. The van der Waals surface area contributed by atoms with E-state index in [9.17, 15) is 18.8 Å². The highest BCUT2D eigenvalue weighted by Crippen LogP contribution is 2.26. The van der Waals surface area contributed by atoms with Crippen LogP contribution in [0.4, 0.5) is 15.8 Å². The number of nitrogens with one attached hydrogen (secondary N) is 1. The van der Waals surface area contributed by atoms with Crippen LogP contribution in [-0.2, 0) is 14.4 Å². The van der Waals surface area contributed by atoms with E-state index >= 15 is 0 Å². The Morgan fingerprint density at radius 1 is 1.14 bits per heavy atom. The van der Waals surface area contributed by atoms with Gasteiger partial charge in [-0.15, -0.1) is 0 Å². The molecule has 2 aromatic rings. The third-order valence-corrected chi connectivity index (χ3v) is 4.70. The van der Waals surface area contributed by atoms with Crippen molar-refractivity contribution in [3.8, 4) is 0 Å². The summed E-state index contributed by atoms with van der Waals surface area (Å²) in [7, 11) is 1.53. The molecule has 1 fully saturated rings. The average molecular weight is 383 g/mol. The SMILES string of the molecule is Cc1ccc(N2CC(C(=O)N(C)CC(=O)Nc3ccc(F)cc3)CC2=O)cc1. The second kappa shape index (κ2) is 8.21. The van der Waals surface area contributed by atoms with Crippen molar-refractivity contribution in [1.29, 1.82) is 0 Å². The molecule has 3 amide bonds.